The van der Waals surface area contributed by atoms with Gasteiger partial charge in [0.2, 0.25) is 5.91 Å². The van der Waals surface area contributed by atoms with Crippen LogP contribution in [0.15, 0.2) is 0 Å². The average Bonchev–Trinajstić information content (AvgIpc) is 2.09. The number of aliphatic carboxylic acids is 1. The molecule has 0 radical (unpaired) electrons. The minimum atomic E-state index is -0.778. The Kier molecular flexibility index (Phi) is 4.29. The highest BCUT2D eigenvalue weighted by atomic mass is 16.4. The van der Waals surface area contributed by atoms with Crippen LogP contribution in [0.5, 0.6) is 0 Å². The van der Waals surface area contributed by atoms with Crippen LogP contribution in [-0.2, 0) is 9.59 Å². The summed E-state index contributed by atoms with van der Waals surface area (Å²) in [6.45, 7) is 5.55. The molecule has 0 aromatic carbocycles. The molecule has 0 heterocycles. The summed E-state index contributed by atoms with van der Waals surface area (Å²) < 4.78 is 0. The minimum Gasteiger partial charge on any atom is -0.481 e. The zero-order chi connectivity index (χ0) is 12.3. The molecule has 1 aliphatic rings. The number of carbonyl (C=O) groups is 2. The lowest BCUT2D eigenvalue weighted by atomic mass is 9.79. The van der Waals surface area contributed by atoms with E-state index >= 15 is 0 Å². The smallest absolute Gasteiger partial charge is 0.308 e. The van der Waals surface area contributed by atoms with Crippen molar-refractivity contribution in [3.8, 4) is 0 Å². The lowest BCUT2D eigenvalue weighted by Gasteiger charge is -2.36. The lowest BCUT2D eigenvalue weighted by molar-refractivity contribution is -0.146. The van der Waals surface area contributed by atoms with Gasteiger partial charge in [-0.15, -0.1) is 0 Å². The van der Waals surface area contributed by atoms with E-state index in [-0.39, 0.29) is 30.0 Å². The van der Waals surface area contributed by atoms with Gasteiger partial charge < -0.3 is 15.7 Å². The monoisotopic (exact) mass is 228 g/mol. The largest absolute Gasteiger partial charge is 0.481 e. The van der Waals surface area contributed by atoms with Crippen LogP contribution < -0.4 is 10.6 Å². The number of rotatable bonds is 5. The molecule has 0 bridgehead atoms. The molecule has 3 unspecified atom stereocenters. The Labute approximate surface area is 95.6 Å². The molecule has 1 saturated carbocycles. The molecule has 0 aromatic heterocycles. The molecule has 0 aliphatic heterocycles. The molecule has 1 amide bonds. The number of amides is 1. The van der Waals surface area contributed by atoms with E-state index in [1.54, 1.807) is 6.92 Å². The molecule has 92 valence electrons. The van der Waals surface area contributed by atoms with Gasteiger partial charge in [0.05, 0.1) is 12.0 Å². The molecule has 1 aliphatic carbocycles. The number of hydrogen-bond acceptors (Lipinski definition) is 3. The Balaban J connectivity index is 2.37. The van der Waals surface area contributed by atoms with Gasteiger partial charge in [-0.25, -0.2) is 0 Å². The van der Waals surface area contributed by atoms with Crippen molar-refractivity contribution in [1.29, 1.82) is 0 Å². The third-order valence-corrected chi connectivity index (χ3v) is 2.88. The molecule has 5 heteroatoms. The van der Waals surface area contributed by atoms with Gasteiger partial charge in [0.15, 0.2) is 0 Å². The maximum absolute atomic E-state index is 11.6. The van der Waals surface area contributed by atoms with Crippen LogP contribution in [0.1, 0.15) is 33.6 Å². The van der Waals surface area contributed by atoms with E-state index in [0.717, 1.165) is 6.42 Å². The highest BCUT2D eigenvalue weighted by molar-refractivity contribution is 5.81. The van der Waals surface area contributed by atoms with Gasteiger partial charge in [-0.1, -0.05) is 0 Å². The Bertz CT molecular complexity index is 278. The third-order valence-electron chi connectivity index (χ3n) is 2.88. The van der Waals surface area contributed by atoms with Crippen molar-refractivity contribution in [3.63, 3.8) is 0 Å². The summed E-state index contributed by atoms with van der Waals surface area (Å²) in [5, 5.41) is 14.7. The van der Waals surface area contributed by atoms with Gasteiger partial charge in [0.25, 0.3) is 0 Å². The molecular weight excluding hydrogens is 208 g/mol. The molecule has 1 rings (SSSR count). The summed E-state index contributed by atoms with van der Waals surface area (Å²) in [6, 6.07) is -0.298. The molecule has 0 spiro atoms. The van der Waals surface area contributed by atoms with Crippen LogP contribution in [0.25, 0.3) is 0 Å². The van der Waals surface area contributed by atoms with Gasteiger partial charge in [-0.3, -0.25) is 9.59 Å². The lowest BCUT2D eigenvalue weighted by Crippen LogP contribution is -2.55. The molecule has 0 saturated heterocycles. The van der Waals surface area contributed by atoms with Crippen molar-refractivity contribution >= 4 is 11.9 Å². The molecule has 16 heavy (non-hydrogen) atoms. The first kappa shape index (κ1) is 13.0. The molecule has 3 N–H and O–H groups in total. The predicted molar refractivity (Wildman–Crippen MR) is 60.0 cm³/mol. The minimum absolute atomic E-state index is 0.0644. The average molecular weight is 228 g/mol. The first-order chi connectivity index (χ1) is 7.41. The third kappa shape index (κ3) is 3.20. The van der Waals surface area contributed by atoms with Crippen LogP contribution in [0, 0.1) is 5.92 Å². The van der Waals surface area contributed by atoms with E-state index < -0.39 is 5.97 Å². The first-order valence-corrected chi connectivity index (χ1v) is 5.71. The van der Waals surface area contributed by atoms with Crippen molar-refractivity contribution in [2.45, 2.75) is 51.7 Å². The van der Waals surface area contributed by atoms with E-state index in [1.165, 1.54) is 0 Å². The van der Waals surface area contributed by atoms with Gasteiger partial charge in [0.1, 0.15) is 0 Å². The summed E-state index contributed by atoms with van der Waals surface area (Å²) in [5.41, 5.74) is 0. The van der Waals surface area contributed by atoms with Crippen molar-refractivity contribution in [3.05, 3.63) is 0 Å². The zero-order valence-corrected chi connectivity index (χ0v) is 9.99. The maximum atomic E-state index is 11.6. The zero-order valence-electron chi connectivity index (χ0n) is 9.99. The van der Waals surface area contributed by atoms with Crippen LogP contribution in [0.2, 0.25) is 0 Å². The first-order valence-electron chi connectivity index (χ1n) is 5.71. The number of nitrogens with one attached hydrogen (secondary N) is 2. The van der Waals surface area contributed by atoms with Crippen molar-refractivity contribution < 1.29 is 14.7 Å². The Hall–Kier alpha value is -1.10. The van der Waals surface area contributed by atoms with E-state index in [4.69, 9.17) is 5.11 Å². The summed E-state index contributed by atoms with van der Waals surface area (Å²) in [5.74, 6) is -1.19. The molecule has 3 atom stereocenters. The highest BCUT2D eigenvalue weighted by Crippen LogP contribution is 2.27. The van der Waals surface area contributed by atoms with E-state index in [9.17, 15) is 9.59 Å². The SMILES string of the molecule is CC(C)NC(=O)C(C)NC1CCC1C(=O)O. The fourth-order valence-electron chi connectivity index (χ4n) is 1.80. The van der Waals surface area contributed by atoms with Gasteiger partial charge >= 0.3 is 5.97 Å². The van der Waals surface area contributed by atoms with Crippen molar-refractivity contribution in [2.75, 3.05) is 0 Å². The van der Waals surface area contributed by atoms with Gasteiger partial charge in [-0.2, -0.15) is 0 Å². The number of carboxylic acid groups (broad SMARTS) is 1. The van der Waals surface area contributed by atoms with Crippen molar-refractivity contribution in [1.82, 2.24) is 10.6 Å². The summed E-state index contributed by atoms with van der Waals surface area (Å²) in [4.78, 5) is 22.4. The molecule has 5 nitrogen and oxygen atoms in total. The fourth-order valence-corrected chi connectivity index (χ4v) is 1.80. The topological polar surface area (TPSA) is 78.4 Å². The van der Waals surface area contributed by atoms with Crippen LogP contribution in [-0.4, -0.2) is 35.1 Å². The number of carbonyl (C=O) groups excluding carboxylic acids is 1. The normalized spacial score (nSPS) is 26.0. The Morgan fingerprint density at radius 1 is 1.25 bits per heavy atom. The second kappa shape index (κ2) is 5.30. The Morgan fingerprint density at radius 3 is 2.25 bits per heavy atom. The van der Waals surface area contributed by atoms with Crippen LogP contribution >= 0.6 is 0 Å². The predicted octanol–water partition coefficient (Wildman–Crippen LogP) is 0.352. The second-order valence-corrected chi connectivity index (χ2v) is 4.68. The van der Waals surface area contributed by atoms with E-state index in [1.807, 2.05) is 13.8 Å². The van der Waals surface area contributed by atoms with Crippen molar-refractivity contribution in [2.24, 2.45) is 5.92 Å². The quantitative estimate of drug-likeness (QED) is 0.634. The summed E-state index contributed by atoms with van der Waals surface area (Å²) >= 11 is 0. The molecular formula is C11H20N2O3. The summed E-state index contributed by atoms with van der Waals surface area (Å²) in [6.07, 6.45) is 1.53. The fraction of sp³-hybridized carbons (Fsp3) is 0.818. The van der Waals surface area contributed by atoms with Crippen LogP contribution in [0.3, 0.4) is 0 Å². The van der Waals surface area contributed by atoms with Crippen LogP contribution in [0.4, 0.5) is 0 Å². The maximum Gasteiger partial charge on any atom is 0.308 e. The van der Waals surface area contributed by atoms with E-state index in [0.29, 0.717) is 6.42 Å². The van der Waals surface area contributed by atoms with E-state index in [2.05, 4.69) is 10.6 Å². The summed E-state index contributed by atoms with van der Waals surface area (Å²) in [7, 11) is 0. The van der Waals surface area contributed by atoms with Gasteiger partial charge in [0, 0.05) is 12.1 Å². The molecule has 0 aromatic rings. The second-order valence-electron chi connectivity index (χ2n) is 4.68. The number of carboxylic acids is 1. The Morgan fingerprint density at radius 2 is 1.88 bits per heavy atom. The number of hydrogen-bond donors (Lipinski definition) is 3. The van der Waals surface area contributed by atoms with Gasteiger partial charge in [-0.05, 0) is 33.6 Å². The highest BCUT2D eigenvalue weighted by Gasteiger charge is 2.37. The standard InChI is InChI=1S/C11H20N2O3/c1-6(2)12-10(14)7(3)13-9-5-4-8(9)11(15)16/h6-9,13H,4-5H2,1-3H3,(H,12,14)(H,15,16). The molecule has 1 fully saturated rings.